The largest absolute Gasteiger partial charge is 0.339 e. The Bertz CT molecular complexity index is 1210. The molecule has 140 valence electrons. The second-order valence-corrected chi connectivity index (χ2v) is 7.57. The summed E-state index contributed by atoms with van der Waals surface area (Å²) < 4.78 is 1.95. The third-order valence-corrected chi connectivity index (χ3v) is 5.97. The van der Waals surface area contributed by atoms with Gasteiger partial charge in [-0.25, -0.2) is 4.68 Å². The summed E-state index contributed by atoms with van der Waals surface area (Å²) in [5, 5.41) is 27.6. The summed E-state index contributed by atoms with van der Waals surface area (Å²) >= 11 is 0. The number of hydrogen-bond donors (Lipinski definition) is 1. The number of nitriles is 2. The number of aromatic nitrogens is 2. The van der Waals surface area contributed by atoms with Crippen LogP contribution in [-0.4, -0.2) is 9.78 Å². The molecule has 0 radical (unpaired) electrons. The van der Waals surface area contributed by atoms with Crippen molar-refractivity contribution in [3.8, 4) is 17.8 Å². The average molecular weight is 377 g/mol. The summed E-state index contributed by atoms with van der Waals surface area (Å²) in [4.78, 5) is 0. The molecule has 0 saturated carbocycles. The van der Waals surface area contributed by atoms with Crippen molar-refractivity contribution in [1.82, 2.24) is 9.78 Å². The first-order chi connectivity index (χ1) is 14.2. The molecule has 5 nitrogen and oxygen atoms in total. The number of rotatable bonds is 2. The van der Waals surface area contributed by atoms with Crippen LogP contribution in [0.3, 0.4) is 0 Å². The zero-order valence-electron chi connectivity index (χ0n) is 16.1. The van der Waals surface area contributed by atoms with Gasteiger partial charge in [-0.2, -0.15) is 15.6 Å². The maximum absolute atomic E-state index is 9.59. The van der Waals surface area contributed by atoms with Crippen molar-refractivity contribution in [2.75, 3.05) is 5.32 Å². The Morgan fingerprint density at radius 1 is 1.07 bits per heavy atom. The summed E-state index contributed by atoms with van der Waals surface area (Å²) in [6.07, 6.45) is 1.42. The Kier molecular flexibility index (Phi) is 3.96. The molecule has 2 aromatic carbocycles. The number of benzene rings is 2. The van der Waals surface area contributed by atoms with Gasteiger partial charge in [0.2, 0.25) is 0 Å². The van der Waals surface area contributed by atoms with E-state index in [1.54, 1.807) is 0 Å². The Morgan fingerprint density at radius 2 is 1.79 bits per heavy atom. The van der Waals surface area contributed by atoms with Crippen molar-refractivity contribution in [3.63, 3.8) is 0 Å². The van der Waals surface area contributed by atoms with Crippen molar-refractivity contribution in [3.05, 3.63) is 82.6 Å². The number of nitrogens with one attached hydrogen (secondary N) is 1. The molecule has 1 unspecified atom stereocenters. The van der Waals surface area contributed by atoms with Gasteiger partial charge in [-0.3, -0.25) is 0 Å². The monoisotopic (exact) mass is 377 g/mol. The molecule has 2 aliphatic rings. The van der Waals surface area contributed by atoms with E-state index >= 15 is 0 Å². The average Bonchev–Trinajstić information content (AvgIpc) is 3.10. The summed E-state index contributed by atoms with van der Waals surface area (Å²) in [7, 11) is 0. The minimum absolute atomic E-state index is 0.116. The van der Waals surface area contributed by atoms with Gasteiger partial charge in [0.05, 0.1) is 23.5 Å². The van der Waals surface area contributed by atoms with Crippen molar-refractivity contribution >= 4 is 11.5 Å². The zero-order chi connectivity index (χ0) is 20.0. The molecule has 0 fully saturated rings. The molecule has 2 heterocycles. The van der Waals surface area contributed by atoms with Crippen molar-refractivity contribution in [1.29, 1.82) is 10.5 Å². The first kappa shape index (κ1) is 17.3. The molecule has 29 heavy (non-hydrogen) atoms. The number of para-hydroxylation sites is 1. The van der Waals surface area contributed by atoms with Crippen molar-refractivity contribution in [2.45, 2.75) is 19.8 Å². The molecule has 3 aromatic rings. The number of allylic oxidation sites excluding steroid dienone is 1. The topological polar surface area (TPSA) is 77.4 Å². The van der Waals surface area contributed by atoms with E-state index in [0.29, 0.717) is 12.8 Å². The van der Waals surface area contributed by atoms with Gasteiger partial charge in [-0.15, -0.1) is 0 Å². The van der Waals surface area contributed by atoms with E-state index < -0.39 is 5.92 Å². The lowest BCUT2D eigenvalue weighted by atomic mass is 9.72. The van der Waals surface area contributed by atoms with E-state index in [-0.39, 0.29) is 5.92 Å². The highest BCUT2D eigenvalue weighted by Gasteiger charge is 2.37. The highest BCUT2D eigenvalue weighted by molar-refractivity contribution is 5.86. The quantitative estimate of drug-likeness (QED) is 0.718. The van der Waals surface area contributed by atoms with E-state index in [4.69, 9.17) is 5.10 Å². The molecule has 0 spiro atoms. The second kappa shape index (κ2) is 6.65. The van der Waals surface area contributed by atoms with Crippen LogP contribution in [0, 0.1) is 41.4 Å². The van der Waals surface area contributed by atoms with Crippen molar-refractivity contribution < 1.29 is 0 Å². The predicted octanol–water partition coefficient (Wildman–Crippen LogP) is 4.40. The molecule has 1 aliphatic heterocycles. The van der Waals surface area contributed by atoms with Crippen LogP contribution in [-0.2, 0) is 12.8 Å². The Balaban J connectivity index is 1.68. The van der Waals surface area contributed by atoms with Gasteiger partial charge in [0.25, 0.3) is 0 Å². The molecule has 5 heteroatoms. The normalized spacial score (nSPS) is 16.9. The summed E-state index contributed by atoms with van der Waals surface area (Å²) in [5.74, 6) is 0.185. The molecule has 0 bridgehead atoms. The number of nitrogens with zero attached hydrogens (tertiary/aromatic N) is 4. The first-order valence-electron chi connectivity index (χ1n) is 9.72. The van der Waals surface area contributed by atoms with Crippen LogP contribution in [0.5, 0.6) is 0 Å². The fraction of sp³-hybridized carbons (Fsp3) is 0.208. The minimum Gasteiger partial charge on any atom is -0.339 e. The number of hydrogen-bond acceptors (Lipinski definition) is 4. The maximum atomic E-state index is 9.59. The predicted molar refractivity (Wildman–Crippen MR) is 111 cm³/mol. The Morgan fingerprint density at radius 3 is 2.55 bits per heavy atom. The highest BCUT2D eigenvalue weighted by Crippen LogP contribution is 2.45. The zero-order valence-corrected chi connectivity index (χ0v) is 16.1. The van der Waals surface area contributed by atoms with Crippen LogP contribution in [0.25, 0.3) is 11.4 Å². The smallest absolute Gasteiger partial charge is 0.140 e. The van der Waals surface area contributed by atoms with Gasteiger partial charge < -0.3 is 5.32 Å². The maximum Gasteiger partial charge on any atom is 0.140 e. The molecule has 1 aromatic heterocycles. The van der Waals surface area contributed by atoms with E-state index in [9.17, 15) is 10.5 Å². The van der Waals surface area contributed by atoms with E-state index in [1.807, 2.05) is 54.1 Å². The van der Waals surface area contributed by atoms with Crippen LogP contribution < -0.4 is 5.32 Å². The lowest BCUT2D eigenvalue weighted by Crippen LogP contribution is -2.29. The van der Waals surface area contributed by atoms with Crippen LogP contribution in [0.4, 0.5) is 5.82 Å². The highest BCUT2D eigenvalue weighted by atomic mass is 15.3. The third kappa shape index (κ3) is 2.63. The van der Waals surface area contributed by atoms with Gasteiger partial charge in [-0.1, -0.05) is 42.5 Å². The first-order valence-corrected chi connectivity index (χ1v) is 9.72. The lowest BCUT2D eigenvalue weighted by Gasteiger charge is -2.34. The molecular weight excluding hydrogens is 358 g/mol. The molecule has 1 aliphatic carbocycles. The molecule has 1 atom stereocenters. The van der Waals surface area contributed by atoms with Gasteiger partial charge >= 0.3 is 0 Å². The SMILES string of the molecule is Cc1nn(-c2ccccc2)c2c1CC1=C(N2)c2ccccc2CC1C(C#N)C#N. The number of anilines is 1. The third-order valence-electron chi connectivity index (χ3n) is 5.97. The second-order valence-electron chi connectivity index (χ2n) is 7.57. The molecule has 0 amide bonds. The van der Waals surface area contributed by atoms with Crippen LogP contribution in [0.2, 0.25) is 0 Å². The fourth-order valence-electron chi connectivity index (χ4n) is 4.52. The van der Waals surface area contributed by atoms with Crippen LogP contribution >= 0.6 is 0 Å². The van der Waals surface area contributed by atoms with Gasteiger partial charge in [0, 0.05) is 29.2 Å². The van der Waals surface area contributed by atoms with Gasteiger partial charge in [0.15, 0.2) is 0 Å². The molecule has 1 N–H and O–H groups in total. The van der Waals surface area contributed by atoms with E-state index in [2.05, 4.69) is 29.6 Å². The number of fused-ring (bicyclic) bond motifs is 3. The van der Waals surface area contributed by atoms with Crippen molar-refractivity contribution in [2.24, 2.45) is 11.8 Å². The Hall–Kier alpha value is -3.83. The Labute approximate surface area is 169 Å². The van der Waals surface area contributed by atoms with E-state index in [0.717, 1.165) is 39.6 Å². The standard InChI is InChI=1S/C24H19N5/c1-15-20-12-22-21(17(13-25)14-26)11-16-7-5-6-10-19(16)23(22)27-24(20)29(28-15)18-8-3-2-4-9-18/h2-10,17,21,27H,11-12H2,1H3. The summed E-state index contributed by atoms with van der Waals surface area (Å²) in [6, 6.07) is 22.8. The molecular formula is C24H19N5. The number of aryl methyl sites for hydroxylation is 1. The van der Waals surface area contributed by atoms with Gasteiger partial charge in [0.1, 0.15) is 11.7 Å². The summed E-state index contributed by atoms with van der Waals surface area (Å²) in [5.41, 5.74) is 7.58. The molecule has 0 saturated heterocycles. The van der Waals surface area contributed by atoms with Crippen LogP contribution in [0.1, 0.15) is 22.4 Å². The fourth-order valence-corrected chi connectivity index (χ4v) is 4.52. The molecule has 5 rings (SSSR count). The lowest BCUT2D eigenvalue weighted by molar-refractivity contribution is 0.522. The van der Waals surface area contributed by atoms with Gasteiger partial charge in [-0.05, 0) is 36.6 Å². The van der Waals surface area contributed by atoms with Crippen LogP contribution in [0.15, 0.2) is 60.2 Å². The minimum atomic E-state index is -0.666. The summed E-state index contributed by atoms with van der Waals surface area (Å²) in [6.45, 7) is 2.02. The van der Waals surface area contributed by atoms with E-state index in [1.165, 1.54) is 5.56 Å².